The Hall–Kier alpha value is -1.68. The molecule has 0 N–H and O–H groups in total. The standard InChI is InChI=1S/C15H17N3S/c1-11-3-4-13-9-12(16-2)5-7-18(13)10-14(11)15-17-6-8-19-15/h5-11H,3-4H2,1-2H3. The van der Waals surface area contributed by atoms with Gasteiger partial charge in [0.15, 0.2) is 0 Å². The predicted molar refractivity (Wildman–Crippen MR) is 79.7 cm³/mol. The summed E-state index contributed by atoms with van der Waals surface area (Å²) in [5.41, 5.74) is 2.65. The molecule has 0 saturated heterocycles. The molecule has 3 nitrogen and oxygen atoms in total. The van der Waals surface area contributed by atoms with E-state index in [1.165, 1.54) is 11.3 Å². The van der Waals surface area contributed by atoms with Crippen molar-refractivity contribution in [3.05, 3.63) is 46.0 Å². The van der Waals surface area contributed by atoms with Crippen LogP contribution in [0.1, 0.15) is 24.0 Å². The molecule has 0 bridgehead atoms. The first-order chi connectivity index (χ1) is 9.28. The summed E-state index contributed by atoms with van der Waals surface area (Å²) in [5.74, 6) is 0.535. The van der Waals surface area contributed by atoms with E-state index >= 15 is 0 Å². The molecule has 0 radical (unpaired) electrons. The van der Waals surface area contributed by atoms with Crippen molar-refractivity contribution in [1.29, 1.82) is 0 Å². The molecule has 1 aliphatic rings. The minimum atomic E-state index is 0.535. The van der Waals surface area contributed by atoms with Crippen molar-refractivity contribution in [2.45, 2.75) is 19.8 Å². The summed E-state index contributed by atoms with van der Waals surface area (Å²) in [6.45, 7) is 2.28. The summed E-state index contributed by atoms with van der Waals surface area (Å²) in [6.07, 6.45) is 8.44. The maximum Gasteiger partial charge on any atom is 0.120 e. The van der Waals surface area contributed by atoms with Gasteiger partial charge >= 0.3 is 0 Å². The van der Waals surface area contributed by atoms with Crippen molar-refractivity contribution in [3.63, 3.8) is 0 Å². The highest BCUT2D eigenvalue weighted by Crippen LogP contribution is 2.31. The SMILES string of the molecule is CN=c1ccn2c(c1)CCC(C)C(c1nccs1)=C2. The average Bonchev–Trinajstić information content (AvgIpc) is 2.91. The summed E-state index contributed by atoms with van der Waals surface area (Å²) in [7, 11) is 1.84. The minimum absolute atomic E-state index is 0.535. The zero-order valence-electron chi connectivity index (χ0n) is 11.2. The number of aryl methyl sites for hydroxylation is 1. The molecule has 98 valence electrons. The molecule has 0 spiro atoms. The van der Waals surface area contributed by atoms with E-state index in [9.17, 15) is 0 Å². The third kappa shape index (κ3) is 2.40. The number of rotatable bonds is 1. The number of aromatic nitrogens is 2. The topological polar surface area (TPSA) is 30.2 Å². The first-order valence-corrected chi connectivity index (χ1v) is 7.41. The Morgan fingerprint density at radius 3 is 3.11 bits per heavy atom. The number of hydrogen-bond acceptors (Lipinski definition) is 3. The van der Waals surface area contributed by atoms with Crippen molar-refractivity contribution in [1.82, 2.24) is 9.55 Å². The summed E-state index contributed by atoms with van der Waals surface area (Å²) >= 11 is 1.71. The summed E-state index contributed by atoms with van der Waals surface area (Å²) in [4.78, 5) is 8.71. The lowest BCUT2D eigenvalue weighted by Crippen LogP contribution is -2.08. The fraction of sp³-hybridized carbons (Fsp3) is 0.333. The highest BCUT2D eigenvalue weighted by molar-refractivity contribution is 7.10. The fourth-order valence-corrected chi connectivity index (χ4v) is 3.20. The fourth-order valence-electron chi connectivity index (χ4n) is 2.44. The molecular weight excluding hydrogens is 254 g/mol. The van der Waals surface area contributed by atoms with Gasteiger partial charge in [-0.2, -0.15) is 0 Å². The first kappa shape index (κ1) is 12.4. The van der Waals surface area contributed by atoms with E-state index in [1.807, 2.05) is 18.6 Å². The molecule has 1 atom stereocenters. The second kappa shape index (κ2) is 5.13. The van der Waals surface area contributed by atoms with E-state index in [0.29, 0.717) is 5.92 Å². The van der Waals surface area contributed by atoms with Crippen molar-refractivity contribution in [2.24, 2.45) is 10.9 Å². The Morgan fingerprint density at radius 1 is 1.47 bits per heavy atom. The van der Waals surface area contributed by atoms with Gasteiger partial charge in [0.25, 0.3) is 0 Å². The van der Waals surface area contributed by atoms with E-state index < -0.39 is 0 Å². The van der Waals surface area contributed by atoms with E-state index in [-0.39, 0.29) is 0 Å². The minimum Gasteiger partial charge on any atom is -0.327 e. The Balaban J connectivity index is 2.12. The van der Waals surface area contributed by atoms with Crippen molar-refractivity contribution in [2.75, 3.05) is 7.05 Å². The number of hydrogen-bond donors (Lipinski definition) is 0. The number of allylic oxidation sites excluding steroid dienone is 1. The van der Waals surface area contributed by atoms with Crippen molar-refractivity contribution >= 4 is 23.1 Å². The average molecular weight is 271 g/mol. The molecule has 0 amide bonds. The van der Waals surface area contributed by atoms with Gasteiger partial charge in [-0.1, -0.05) is 6.92 Å². The van der Waals surface area contributed by atoms with Gasteiger partial charge in [-0.15, -0.1) is 11.3 Å². The molecule has 19 heavy (non-hydrogen) atoms. The molecule has 0 aliphatic carbocycles. The quantitative estimate of drug-likeness (QED) is 0.784. The second-order valence-corrected chi connectivity index (χ2v) is 5.76. The van der Waals surface area contributed by atoms with Gasteiger partial charge in [-0.25, -0.2) is 4.98 Å². The summed E-state index contributed by atoms with van der Waals surface area (Å²) in [6, 6.07) is 4.23. The van der Waals surface area contributed by atoms with Gasteiger partial charge in [0.05, 0.1) is 5.36 Å². The molecule has 2 aromatic heterocycles. The molecule has 4 heteroatoms. The van der Waals surface area contributed by atoms with Gasteiger partial charge in [-0.3, -0.25) is 4.99 Å². The number of pyridine rings is 1. The van der Waals surface area contributed by atoms with Gasteiger partial charge < -0.3 is 4.57 Å². The van der Waals surface area contributed by atoms with Crippen LogP contribution in [-0.4, -0.2) is 16.6 Å². The van der Waals surface area contributed by atoms with Crippen LogP contribution in [0.3, 0.4) is 0 Å². The molecule has 1 unspecified atom stereocenters. The van der Waals surface area contributed by atoms with E-state index in [4.69, 9.17) is 0 Å². The number of nitrogens with zero attached hydrogens (tertiary/aromatic N) is 3. The van der Waals surface area contributed by atoms with Crippen LogP contribution in [0.5, 0.6) is 0 Å². The van der Waals surface area contributed by atoms with E-state index in [2.05, 4.69) is 46.0 Å². The maximum atomic E-state index is 4.46. The lowest BCUT2D eigenvalue weighted by atomic mass is 9.97. The molecule has 0 fully saturated rings. The highest BCUT2D eigenvalue weighted by atomic mass is 32.1. The van der Waals surface area contributed by atoms with Crippen LogP contribution in [0.15, 0.2) is 34.9 Å². The molecule has 3 heterocycles. The van der Waals surface area contributed by atoms with E-state index in [0.717, 1.165) is 23.2 Å². The third-order valence-corrected chi connectivity index (χ3v) is 4.45. The van der Waals surface area contributed by atoms with Gasteiger partial charge in [-0.05, 0) is 30.9 Å². The smallest absolute Gasteiger partial charge is 0.120 e. The number of fused-ring (bicyclic) bond motifs is 1. The highest BCUT2D eigenvalue weighted by Gasteiger charge is 2.17. The van der Waals surface area contributed by atoms with Crippen LogP contribution in [-0.2, 0) is 6.42 Å². The lowest BCUT2D eigenvalue weighted by Gasteiger charge is -2.10. The van der Waals surface area contributed by atoms with Crippen LogP contribution in [0.25, 0.3) is 11.8 Å². The molecule has 1 aliphatic heterocycles. The van der Waals surface area contributed by atoms with Crippen molar-refractivity contribution < 1.29 is 0 Å². The number of thiazole rings is 1. The lowest BCUT2D eigenvalue weighted by molar-refractivity contribution is 0.662. The molecule has 2 aromatic rings. The second-order valence-electron chi connectivity index (χ2n) is 4.87. The van der Waals surface area contributed by atoms with Crippen molar-refractivity contribution in [3.8, 4) is 0 Å². The Morgan fingerprint density at radius 2 is 2.37 bits per heavy atom. The largest absolute Gasteiger partial charge is 0.327 e. The Labute approximate surface area is 117 Å². The Kier molecular flexibility index (Phi) is 3.34. The molecular formula is C15H17N3S. The maximum absolute atomic E-state index is 4.46. The summed E-state index contributed by atoms with van der Waals surface area (Å²) in [5, 5.41) is 4.22. The first-order valence-electron chi connectivity index (χ1n) is 6.53. The van der Waals surface area contributed by atoms with Crippen LogP contribution < -0.4 is 5.36 Å². The van der Waals surface area contributed by atoms with Crippen LogP contribution >= 0.6 is 11.3 Å². The zero-order chi connectivity index (χ0) is 13.2. The molecule has 3 rings (SSSR count). The Bertz CT molecular complexity index is 665. The molecule has 0 aromatic carbocycles. The zero-order valence-corrected chi connectivity index (χ0v) is 12.0. The van der Waals surface area contributed by atoms with Gasteiger partial charge in [0.2, 0.25) is 0 Å². The van der Waals surface area contributed by atoms with Crippen LogP contribution in [0, 0.1) is 5.92 Å². The predicted octanol–water partition coefficient (Wildman–Crippen LogP) is 3.06. The van der Waals surface area contributed by atoms with Crippen LogP contribution in [0.4, 0.5) is 0 Å². The van der Waals surface area contributed by atoms with Gasteiger partial charge in [0.1, 0.15) is 5.01 Å². The van der Waals surface area contributed by atoms with E-state index in [1.54, 1.807) is 11.3 Å². The monoisotopic (exact) mass is 271 g/mol. The normalized spacial score (nSPS) is 19.8. The molecule has 0 saturated carbocycles. The van der Waals surface area contributed by atoms with Crippen LogP contribution in [0.2, 0.25) is 0 Å². The summed E-state index contributed by atoms with van der Waals surface area (Å²) < 4.78 is 2.22. The third-order valence-electron chi connectivity index (χ3n) is 3.63. The van der Waals surface area contributed by atoms with Gasteiger partial charge in [0, 0.05) is 42.3 Å².